The minimum atomic E-state index is 0.682. The summed E-state index contributed by atoms with van der Waals surface area (Å²) in [6.45, 7) is 5.05. The molecule has 1 heteroatoms. The molecule has 0 aromatic heterocycles. The molecular formula is C8H17N. The third-order valence-corrected chi connectivity index (χ3v) is 1.46. The summed E-state index contributed by atoms with van der Waals surface area (Å²) in [4.78, 5) is 0. The van der Waals surface area contributed by atoms with Crippen molar-refractivity contribution in [2.45, 2.75) is 26.7 Å². The molecule has 0 aliphatic heterocycles. The second-order valence-electron chi connectivity index (χ2n) is 2.49. The van der Waals surface area contributed by atoms with Gasteiger partial charge in [-0.3, -0.25) is 0 Å². The van der Waals surface area contributed by atoms with E-state index in [1.807, 2.05) is 6.92 Å². The van der Waals surface area contributed by atoms with Gasteiger partial charge < -0.3 is 5.73 Å². The Hall–Kier alpha value is -0.300. The number of hydrogen-bond donors (Lipinski definition) is 1. The lowest BCUT2D eigenvalue weighted by Gasteiger charge is -2.03. The topological polar surface area (TPSA) is 26.0 Å². The van der Waals surface area contributed by atoms with Gasteiger partial charge in [0.1, 0.15) is 0 Å². The Kier molecular flexibility index (Phi) is 5.64. The van der Waals surface area contributed by atoms with E-state index in [1.165, 1.54) is 12.8 Å². The van der Waals surface area contributed by atoms with Crippen molar-refractivity contribution in [2.75, 3.05) is 6.54 Å². The van der Waals surface area contributed by atoms with Gasteiger partial charge in [-0.15, -0.1) is 0 Å². The zero-order valence-electron chi connectivity index (χ0n) is 6.43. The normalized spacial score (nSPS) is 14.6. The van der Waals surface area contributed by atoms with E-state index >= 15 is 0 Å². The van der Waals surface area contributed by atoms with E-state index in [0.717, 1.165) is 6.54 Å². The molecule has 0 heterocycles. The summed E-state index contributed by atoms with van der Waals surface area (Å²) >= 11 is 0. The van der Waals surface area contributed by atoms with Crippen LogP contribution >= 0.6 is 0 Å². The zero-order chi connectivity index (χ0) is 7.11. The van der Waals surface area contributed by atoms with Gasteiger partial charge >= 0.3 is 0 Å². The first-order valence-electron chi connectivity index (χ1n) is 3.62. The van der Waals surface area contributed by atoms with Crippen molar-refractivity contribution in [2.24, 2.45) is 11.7 Å². The van der Waals surface area contributed by atoms with Gasteiger partial charge in [-0.25, -0.2) is 0 Å². The van der Waals surface area contributed by atoms with Gasteiger partial charge in [-0.2, -0.15) is 0 Å². The van der Waals surface area contributed by atoms with Crippen LogP contribution in [0.15, 0.2) is 12.2 Å². The van der Waals surface area contributed by atoms with Crippen molar-refractivity contribution in [1.82, 2.24) is 0 Å². The molecule has 0 radical (unpaired) electrons. The molecule has 54 valence electrons. The highest BCUT2D eigenvalue weighted by molar-refractivity contribution is 4.77. The van der Waals surface area contributed by atoms with Gasteiger partial charge in [0.25, 0.3) is 0 Å². The molecule has 0 aliphatic carbocycles. The predicted molar refractivity (Wildman–Crippen MR) is 42.3 cm³/mol. The molecule has 1 atom stereocenters. The minimum Gasteiger partial charge on any atom is -0.330 e. The third kappa shape index (κ3) is 5.57. The van der Waals surface area contributed by atoms with Crippen LogP contribution in [0.3, 0.4) is 0 Å². The summed E-state index contributed by atoms with van der Waals surface area (Å²) in [6.07, 6.45) is 6.67. The highest BCUT2D eigenvalue weighted by atomic mass is 14.5. The maximum atomic E-state index is 5.43. The SMILES string of the molecule is C/C=C\CCC(C)CN. The van der Waals surface area contributed by atoms with Crippen LogP contribution in [0.5, 0.6) is 0 Å². The van der Waals surface area contributed by atoms with E-state index in [9.17, 15) is 0 Å². The summed E-state index contributed by atoms with van der Waals surface area (Å²) in [5, 5.41) is 0. The maximum Gasteiger partial charge on any atom is -0.00514 e. The molecule has 0 saturated carbocycles. The number of allylic oxidation sites excluding steroid dienone is 2. The van der Waals surface area contributed by atoms with Gasteiger partial charge in [0, 0.05) is 0 Å². The fourth-order valence-corrected chi connectivity index (χ4v) is 0.665. The summed E-state index contributed by atoms with van der Waals surface area (Å²) in [7, 11) is 0. The molecule has 0 saturated heterocycles. The molecule has 0 aromatic carbocycles. The average molecular weight is 127 g/mol. The molecular weight excluding hydrogens is 110 g/mol. The summed E-state index contributed by atoms with van der Waals surface area (Å²) in [5.74, 6) is 0.682. The molecule has 0 bridgehead atoms. The third-order valence-electron chi connectivity index (χ3n) is 1.46. The molecule has 1 unspecified atom stereocenters. The predicted octanol–water partition coefficient (Wildman–Crippen LogP) is 1.94. The molecule has 0 rings (SSSR count). The number of rotatable bonds is 4. The van der Waals surface area contributed by atoms with Crippen LogP contribution in [0.1, 0.15) is 26.7 Å². The summed E-state index contributed by atoms with van der Waals surface area (Å²) < 4.78 is 0. The maximum absolute atomic E-state index is 5.43. The van der Waals surface area contributed by atoms with Crippen molar-refractivity contribution in [3.8, 4) is 0 Å². The van der Waals surface area contributed by atoms with Crippen LogP contribution in [0.25, 0.3) is 0 Å². The minimum absolute atomic E-state index is 0.682. The van der Waals surface area contributed by atoms with E-state index in [4.69, 9.17) is 5.73 Å². The molecule has 1 nitrogen and oxygen atoms in total. The highest BCUT2D eigenvalue weighted by Gasteiger charge is 1.94. The molecule has 0 aromatic rings. The Morgan fingerprint density at radius 2 is 2.22 bits per heavy atom. The van der Waals surface area contributed by atoms with Crippen LogP contribution in [0.2, 0.25) is 0 Å². The molecule has 0 spiro atoms. The zero-order valence-corrected chi connectivity index (χ0v) is 6.43. The van der Waals surface area contributed by atoms with Gasteiger partial charge in [-0.05, 0) is 32.2 Å². The Morgan fingerprint density at radius 1 is 1.56 bits per heavy atom. The Morgan fingerprint density at radius 3 is 2.67 bits per heavy atom. The molecule has 9 heavy (non-hydrogen) atoms. The number of hydrogen-bond acceptors (Lipinski definition) is 1. The van der Waals surface area contributed by atoms with Crippen LogP contribution in [-0.2, 0) is 0 Å². The molecule has 0 aliphatic rings. The average Bonchev–Trinajstić information content (AvgIpc) is 1.89. The Balaban J connectivity index is 3.06. The van der Waals surface area contributed by atoms with Crippen LogP contribution in [0.4, 0.5) is 0 Å². The largest absolute Gasteiger partial charge is 0.330 e. The molecule has 2 N–H and O–H groups in total. The van der Waals surface area contributed by atoms with Crippen molar-refractivity contribution in [3.05, 3.63) is 12.2 Å². The van der Waals surface area contributed by atoms with Crippen molar-refractivity contribution < 1.29 is 0 Å². The van der Waals surface area contributed by atoms with Crippen LogP contribution < -0.4 is 5.73 Å². The smallest absolute Gasteiger partial charge is 0.00514 e. The standard InChI is InChI=1S/C8H17N/c1-3-4-5-6-8(2)7-9/h3-4,8H,5-7,9H2,1-2H3/b4-3-. The van der Waals surface area contributed by atoms with E-state index in [1.54, 1.807) is 0 Å². The lowest BCUT2D eigenvalue weighted by atomic mass is 10.1. The first-order valence-corrected chi connectivity index (χ1v) is 3.62. The van der Waals surface area contributed by atoms with Crippen LogP contribution in [0, 0.1) is 5.92 Å². The van der Waals surface area contributed by atoms with Gasteiger partial charge in [0.2, 0.25) is 0 Å². The lowest BCUT2D eigenvalue weighted by Crippen LogP contribution is -2.09. The Bertz CT molecular complexity index is 76.6. The van der Waals surface area contributed by atoms with Crippen molar-refractivity contribution in [3.63, 3.8) is 0 Å². The Labute approximate surface area is 57.9 Å². The highest BCUT2D eigenvalue weighted by Crippen LogP contribution is 2.02. The molecule has 0 amide bonds. The summed E-state index contributed by atoms with van der Waals surface area (Å²) in [5.41, 5.74) is 5.43. The van der Waals surface area contributed by atoms with Gasteiger partial charge in [0.15, 0.2) is 0 Å². The second kappa shape index (κ2) is 5.83. The first kappa shape index (κ1) is 8.70. The fourth-order valence-electron chi connectivity index (χ4n) is 0.665. The van der Waals surface area contributed by atoms with Crippen LogP contribution in [-0.4, -0.2) is 6.54 Å². The molecule has 0 fully saturated rings. The summed E-state index contributed by atoms with van der Waals surface area (Å²) in [6, 6.07) is 0. The van der Waals surface area contributed by atoms with Crippen molar-refractivity contribution >= 4 is 0 Å². The van der Waals surface area contributed by atoms with E-state index in [-0.39, 0.29) is 0 Å². The van der Waals surface area contributed by atoms with E-state index in [2.05, 4.69) is 19.1 Å². The van der Waals surface area contributed by atoms with E-state index < -0.39 is 0 Å². The van der Waals surface area contributed by atoms with Gasteiger partial charge in [-0.1, -0.05) is 19.1 Å². The monoisotopic (exact) mass is 127 g/mol. The van der Waals surface area contributed by atoms with E-state index in [0.29, 0.717) is 5.92 Å². The number of nitrogens with two attached hydrogens (primary N) is 1. The fraction of sp³-hybridized carbons (Fsp3) is 0.750. The van der Waals surface area contributed by atoms with Crippen molar-refractivity contribution in [1.29, 1.82) is 0 Å². The second-order valence-corrected chi connectivity index (χ2v) is 2.49. The first-order chi connectivity index (χ1) is 4.31. The lowest BCUT2D eigenvalue weighted by molar-refractivity contribution is 0.550. The quantitative estimate of drug-likeness (QED) is 0.574. The van der Waals surface area contributed by atoms with Gasteiger partial charge in [0.05, 0.1) is 0 Å².